The Morgan fingerprint density at radius 2 is 1.89 bits per heavy atom. The van der Waals surface area contributed by atoms with Crippen LogP contribution in [0.15, 0.2) is 0 Å². The third kappa shape index (κ3) is 4.46. The fourth-order valence-corrected chi connectivity index (χ4v) is 2.45. The van der Waals surface area contributed by atoms with E-state index in [-0.39, 0.29) is 25.7 Å². The molecule has 1 fully saturated rings. The van der Waals surface area contributed by atoms with E-state index < -0.39 is 12.1 Å². The second-order valence-electron chi connectivity index (χ2n) is 4.73. The van der Waals surface area contributed by atoms with Crippen molar-refractivity contribution < 1.29 is 18.3 Å². The SMILES string of the molecule is N#CC(CN(CCO)C1CCCCC1)C(F)(F)F. The van der Waals surface area contributed by atoms with Crippen molar-refractivity contribution in [3.8, 4) is 6.07 Å². The summed E-state index contributed by atoms with van der Waals surface area (Å²) in [7, 11) is 0. The van der Waals surface area contributed by atoms with Crippen LogP contribution in [0.25, 0.3) is 0 Å². The fourth-order valence-electron chi connectivity index (χ4n) is 2.45. The molecule has 1 N–H and O–H groups in total. The summed E-state index contributed by atoms with van der Waals surface area (Å²) in [6.07, 6.45) is 0.360. The maximum atomic E-state index is 12.6. The van der Waals surface area contributed by atoms with E-state index in [1.54, 1.807) is 4.90 Å². The van der Waals surface area contributed by atoms with Crippen LogP contribution in [0.3, 0.4) is 0 Å². The van der Waals surface area contributed by atoms with E-state index in [4.69, 9.17) is 10.4 Å². The maximum absolute atomic E-state index is 12.6. The van der Waals surface area contributed by atoms with E-state index in [2.05, 4.69) is 0 Å². The van der Waals surface area contributed by atoms with Crippen LogP contribution in [-0.2, 0) is 0 Å². The van der Waals surface area contributed by atoms with Crippen molar-refractivity contribution in [2.75, 3.05) is 19.7 Å². The summed E-state index contributed by atoms with van der Waals surface area (Å²) in [6, 6.07) is 1.39. The molecule has 0 radical (unpaired) electrons. The average molecular weight is 264 g/mol. The molecule has 0 amide bonds. The van der Waals surface area contributed by atoms with E-state index in [1.807, 2.05) is 0 Å². The quantitative estimate of drug-likeness (QED) is 0.829. The van der Waals surface area contributed by atoms with Gasteiger partial charge in [-0.2, -0.15) is 18.4 Å². The van der Waals surface area contributed by atoms with Gasteiger partial charge in [-0.1, -0.05) is 19.3 Å². The second kappa shape index (κ2) is 6.95. The zero-order valence-corrected chi connectivity index (χ0v) is 10.3. The van der Waals surface area contributed by atoms with Crippen molar-refractivity contribution in [1.82, 2.24) is 4.90 Å². The number of hydrogen-bond donors (Lipinski definition) is 1. The first-order valence-corrected chi connectivity index (χ1v) is 6.30. The highest BCUT2D eigenvalue weighted by Crippen LogP contribution is 2.29. The smallest absolute Gasteiger partial charge is 0.395 e. The molecule has 0 saturated heterocycles. The fraction of sp³-hybridized carbons (Fsp3) is 0.917. The minimum Gasteiger partial charge on any atom is -0.395 e. The maximum Gasteiger partial charge on any atom is 0.405 e. The van der Waals surface area contributed by atoms with Gasteiger partial charge in [-0.15, -0.1) is 0 Å². The standard InChI is InChI=1S/C12H19F3N2O/c13-12(14,15)10(8-16)9-17(6-7-18)11-4-2-1-3-5-11/h10-11,18H,1-7,9H2. The number of aliphatic hydroxyl groups excluding tert-OH is 1. The Balaban J connectivity index is 2.63. The Bertz CT molecular complexity index is 282. The topological polar surface area (TPSA) is 47.3 Å². The molecule has 18 heavy (non-hydrogen) atoms. The molecule has 1 atom stereocenters. The van der Waals surface area contributed by atoms with Gasteiger partial charge in [0, 0.05) is 19.1 Å². The minimum atomic E-state index is -4.49. The number of hydrogen-bond acceptors (Lipinski definition) is 3. The molecule has 0 aromatic rings. The van der Waals surface area contributed by atoms with Crippen LogP contribution in [0.1, 0.15) is 32.1 Å². The van der Waals surface area contributed by atoms with Crippen molar-refractivity contribution in [2.45, 2.75) is 44.3 Å². The Hall–Kier alpha value is -0.800. The predicted octanol–water partition coefficient (Wildman–Crippen LogP) is 2.32. The lowest BCUT2D eigenvalue weighted by Crippen LogP contribution is -2.44. The van der Waals surface area contributed by atoms with Crippen LogP contribution in [0.5, 0.6) is 0 Å². The highest BCUT2D eigenvalue weighted by molar-refractivity contribution is 4.92. The Morgan fingerprint density at radius 3 is 2.33 bits per heavy atom. The van der Waals surface area contributed by atoms with Gasteiger partial charge in [0.1, 0.15) is 0 Å². The highest BCUT2D eigenvalue weighted by Gasteiger charge is 2.41. The van der Waals surface area contributed by atoms with Gasteiger partial charge in [-0.25, -0.2) is 0 Å². The molecule has 0 heterocycles. The Morgan fingerprint density at radius 1 is 1.28 bits per heavy atom. The molecule has 1 aliphatic carbocycles. The summed E-state index contributed by atoms with van der Waals surface area (Å²) in [5.74, 6) is -1.97. The highest BCUT2D eigenvalue weighted by atomic mass is 19.4. The van der Waals surface area contributed by atoms with Crippen LogP contribution < -0.4 is 0 Å². The normalized spacial score (nSPS) is 19.8. The summed E-state index contributed by atoms with van der Waals surface area (Å²) >= 11 is 0. The van der Waals surface area contributed by atoms with Gasteiger partial charge in [-0.05, 0) is 12.8 Å². The molecule has 1 saturated carbocycles. The Kier molecular flexibility index (Phi) is 5.89. The van der Waals surface area contributed by atoms with Crippen LogP contribution in [0.4, 0.5) is 13.2 Å². The van der Waals surface area contributed by atoms with E-state index in [1.165, 1.54) is 6.07 Å². The third-order valence-electron chi connectivity index (χ3n) is 3.45. The zero-order valence-electron chi connectivity index (χ0n) is 10.3. The first-order valence-electron chi connectivity index (χ1n) is 6.30. The summed E-state index contributed by atoms with van der Waals surface area (Å²) in [6.45, 7) is -0.295. The van der Waals surface area contributed by atoms with Gasteiger partial charge in [0.2, 0.25) is 0 Å². The number of nitrogens with zero attached hydrogens (tertiary/aromatic N) is 2. The lowest BCUT2D eigenvalue weighted by molar-refractivity contribution is -0.165. The van der Waals surface area contributed by atoms with Gasteiger partial charge in [-0.3, -0.25) is 4.90 Å². The van der Waals surface area contributed by atoms with Gasteiger partial charge in [0.15, 0.2) is 5.92 Å². The van der Waals surface area contributed by atoms with Gasteiger partial charge >= 0.3 is 6.18 Å². The molecule has 104 valence electrons. The molecule has 3 nitrogen and oxygen atoms in total. The third-order valence-corrected chi connectivity index (χ3v) is 3.45. The Labute approximate surface area is 105 Å². The zero-order chi connectivity index (χ0) is 13.6. The van der Waals surface area contributed by atoms with Gasteiger partial charge in [0.25, 0.3) is 0 Å². The minimum absolute atomic E-state index is 0.0732. The molecule has 1 aliphatic rings. The average Bonchev–Trinajstić information content (AvgIpc) is 2.34. The van der Waals surface area contributed by atoms with Crippen molar-refractivity contribution in [3.05, 3.63) is 0 Å². The van der Waals surface area contributed by atoms with Crippen LogP contribution in [0, 0.1) is 17.2 Å². The lowest BCUT2D eigenvalue weighted by Gasteiger charge is -2.35. The van der Waals surface area contributed by atoms with Crippen LogP contribution in [-0.4, -0.2) is 41.9 Å². The second-order valence-corrected chi connectivity index (χ2v) is 4.73. The largest absolute Gasteiger partial charge is 0.405 e. The number of alkyl halides is 3. The molecule has 0 spiro atoms. The number of nitriles is 1. The van der Waals surface area contributed by atoms with Crippen molar-refractivity contribution in [1.29, 1.82) is 5.26 Å². The molecule has 1 rings (SSSR count). The van der Waals surface area contributed by atoms with Crippen molar-refractivity contribution in [3.63, 3.8) is 0 Å². The van der Waals surface area contributed by atoms with Crippen molar-refractivity contribution in [2.24, 2.45) is 5.92 Å². The van der Waals surface area contributed by atoms with Crippen molar-refractivity contribution >= 4 is 0 Å². The molecule has 1 unspecified atom stereocenters. The summed E-state index contributed by atoms with van der Waals surface area (Å²) in [5, 5.41) is 17.6. The lowest BCUT2D eigenvalue weighted by atomic mass is 9.93. The summed E-state index contributed by atoms with van der Waals surface area (Å²) < 4.78 is 37.7. The van der Waals surface area contributed by atoms with E-state index in [0.717, 1.165) is 32.1 Å². The first kappa shape index (κ1) is 15.3. The monoisotopic (exact) mass is 264 g/mol. The molecule has 0 bridgehead atoms. The van der Waals surface area contributed by atoms with Crippen LogP contribution >= 0.6 is 0 Å². The van der Waals surface area contributed by atoms with Crippen LogP contribution in [0.2, 0.25) is 0 Å². The summed E-state index contributed by atoms with van der Waals surface area (Å²) in [4.78, 5) is 1.63. The molecule has 0 aromatic carbocycles. The predicted molar refractivity (Wildman–Crippen MR) is 60.7 cm³/mol. The van der Waals surface area contributed by atoms with Gasteiger partial charge in [0.05, 0.1) is 12.7 Å². The molecular weight excluding hydrogens is 245 g/mol. The number of rotatable bonds is 5. The summed E-state index contributed by atoms with van der Waals surface area (Å²) in [5.41, 5.74) is 0. The van der Waals surface area contributed by atoms with E-state index in [9.17, 15) is 13.2 Å². The first-order chi connectivity index (χ1) is 8.49. The molecule has 6 heteroatoms. The number of halogens is 3. The number of aliphatic hydroxyl groups is 1. The van der Waals surface area contributed by atoms with E-state index >= 15 is 0 Å². The molecule has 0 aliphatic heterocycles. The molecule has 0 aromatic heterocycles. The van der Waals surface area contributed by atoms with Gasteiger partial charge < -0.3 is 5.11 Å². The van der Waals surface area contributed by atoms with E-state index in [0.29, 0.717) is 0 Å². The molecular formula is C12H19F3N2O.